The van der Waals surface area contributed by atoms with E-state index in [9.17, 15) is 4.79 Å². The molecule has 0 unspecified atom stereocenters. The molecule has 1 heterocycles. The summed E-state index contributed by atoms with van der Waals surface area (Å²) in [6.07, 6.45) is 0. The number of carboxylic acids is 1. The number of carboxylic acid groups (broad SMARTS) is 1. The molecule has 0 fully saturated rings. The molecule has 0 saturated carbocycles. The normalized spacial score (nSPS) is 10.6. The average Bonchev–Trinajstić information content (AvgIpc) is 2.66. The average molecular weight is 309 g/mol. The van der Waals surface area contributed by atoms with E-state index >= 15 is 0 Å². The Hall–Kier alpha value is -1.58. The molecule has 0 spiro atoms. The van der Waals surface area contributed by atoms with E-state index in [2.05, 4.69) is 5.10 Å². The number of aromatic nitrogens is 2. The van der Waals surface area contributed by atoms with E-state index < -0.39 is 5.97 Å². The van der Waals surface area contributed by atoms with Gasteiger partial charge in [-0.15, -0.1) is 0 Å². The SMILES string of the molecule is Cc1cc(C)n(-c2ccccc2[Se]CC(=O)O)n1. The van der Waals surface area contributed by atoms with Crippen LogP contribution in [0.15, 0.2) is 30.3 Å². The monoisotopic (exact) mass is 310 g/mol. The Kier molecular flexibility index (Phi) is 3.84. The van der Waals surface area contributed by atoms with Crippen LogP contribution < -0.4 is 4.46 Å². The minimum absolute atomic E-state index is 0.0747. The Morgan fingerprint density at radius 2 is 2.11 bits per heavy atom. The van der Waals surface area contributed by atoms with E-state index in [0.717, 1.165) is 21.5 Å². The van der Waals surface area contributed by atoms with Crippen LogP contribution in [0.4, 0.5) is 0 Å². The van der Waals surface area contributed by atoms with Gasteiger partial charge in [-0.05, 0) is 0 Å². The topological polar surface area (TPSA) is 55.1 Å². The number of aryl methyl sites for hydroxylation is 2. The van der Waals surface area contributed by atoms with Crippen molar-refractivity contribution in [2.45, 2.75) is 19.2 Å². The van der Waals surface area contributed by atoms with Crippen LogP contribution in [0.2, 0.25) is 5.32 Å². The summed E-state index contributed by atoms with van der Waals surface area (Å²) >= 11 is -0.0747. The third-order valence-corrected chi connectivity index (χ3v) is 4.65. The van der Waals surface area contributed by atoms with Crippen molar-refractivity contribution in [3.63, 3.8) is 0 Å². The third-order valence-electron chi connectivity index (χ3n) is 2.45. The fourth-order valence-corrected chi connectivity index (χ4v) is 3.35. The first-order valence-corrected chi connectivity index (χ1v) is 7.62. The Morgan fingerprint density at radius 3 is 2.72 bits per heavy atom. The van der Waals surface area contributed by atoms with Crippen LogP contribution in [-0.2, 0) is 4.79 Å². The Morgan fingerprint density at radius 1 is 1.39 bits per heavy atom. The van der Waals surface area contributed by atoms with Crippen LogP contribution in [0.1, 0.15) is 11.4 Å². The molecule has 2 aromatic rings. The molecule has 4 nitrogen and oxygen atoms in total. The number of hydrogen-bond donors (Lipinski definition) is 1. The fraction of sp³-hybridized carbons (Fsp3) is 0.231. The van der Waals surface area contributed by atoms with Gasteiger partial charge in [0, 0.05) is 0 Å². The first-order chi connectivity index (χ1) is 8.58. The van der Waals surface area contributed by atoms with Crippen LogP contribution in [0.3, 0.4) is 0 Å². The number of aliphatic carboxylic acids is 1. The number of nitrogens with zero attached hydrogens (tertiary/aromatic N) is 2. The van der Waals surface area contributed by atoms with Crippen molar-refractivity contribution >= 4 is 25.4 Å². The second-order valence-electron chi connectivity index (χ2n) is 3.99. The van der Waals surface area contributed by atoms with E-state index in [0.29, 0.717) is 0 Å². The molecule has 0 aliphatic rings. The third kappa shape index (κ3) is 2.81. The van der Waals surface area contributed by atoms with Gasteiger partial charge in [0.05, 0.1) is 0 Å². The predicted octanol–water partition coefficient (Wildman–Crippen LogP) is 1.32. The molecule has 0 aliphatic carbocycles. The number of carbonyl (C=O) groups is 1. The number of benzene rings is 1. The summed E-state index contributed by atoms with van der Waals surface area (Å²) in [5.41, 5.74) is 3.02. The fourth-order valence-electron chi connectivity index (χ4n) is 1.77. The van der Waals surface area contributed by atoms with Crippen LogP contribution in [0, 0.1) is 13.8 Å². The maximum atomic E-state index is 10.7. The van der Waals surface area contributed by atoms with Crippen LogP contribution >= 0.6 is 0 Å². The molecule has 1 N–H and O–H groups in total. The van der Waals surface area contributed by atoms with E-state index in [-0.39, 0.29) is 20.3 Å². The van der Waals surface area contributed by atoms with E-state index in [1.807, 2.05) is 48.9 Å². The molecule has 0 saturated heterocycles. The van der Waals surface area contributed by atoms with Crippen molar-refractivity contribution in [3.05, 3.63) is 41.7 Å². The molecule has 0 atom stereocenters. The second-order valence-corrected chi connectivity index (χ2v) is 6.12. The van der Waals surface area contributed by atoms with Gasteiger partial charge in [0.1, 0.15) is 0 Å². The number of para-hydroxylation sites is 1. The quantitative estimate of drug-likeness (QED) is 0.867. The Bertz CT molecular complexity index is 578. The van der Waals surface area contributed by atoms with Gasteiger partial charge in [0.25, 0.3) is 0 Å². The summed E-state index contributed by atoms with van der Waals surface area (Å²) in [6, 6.07) is 9.87. The first kappa shape index (κ1) is 12.9. The summed E-state index contributed by atoms with van der Waals surface area (Å²) in [6.45, 7) is 3.95. The van der Waals surface area contributed by atoms with Gasteiger partial charge in [0.2, 0.25) is 0 Å². The maximum absolute atomic E-state index is 10.7. The van der Waals surface area contributed by atoms with Gasteiger partial charge in [-0.25, -0.2) is 0 Å². The summed E-state index contributed by atoms with van der Waals surface area (Å²) in [4.78, 5) is 10.7. The van der Waals surface area contributed by atoms with Crippen molar-refractivity contribution in [2.75, 3.05) is 0 Å². The zero-order chi connectivity index (χ0) is 13.1. The van der Waals surface area contributed by atoms with Crippen LogP contribution in [0.5, 0.6) is 0 Å². The molecule has 0 radical (unpaired) electrons. The van der Waals surface area contributed by atoms with Gasteiger partial charge < -0.3 is 0 Å². The van der Waals surface area contributed by atoms with Gasteiger partial charge in [-0.1, -0.05) is 0 Å². The zero-order valence-corrected chi connectivity index (χ0v) is 12.0. The van der Waals surface area contributed by atoms with Gasteiger partial charge in [-0.2, -0.15) is 0 Å². The van der Waals surface area contributed by atoms with Gasteiger partial charge >= 0.3 is 112 Å². The van der Waals surface area contributed by atoms with Gasteiger partial charge in [0.15, 0.2) is 0 Å². The zero-order valence-electron chi connectivity index (χ0n) is 10.3. The molecule has 1 aromatic carbocycles. The number of rotatable bonds is 4. The molecule has 1 aromatic heterocycles. The van der Waals surface area contributed by atoms with Gasteiger partial charge in [-0.3, -0.25) is 0 Å². The van der Waals surface area contributed by atoms with E-state index in [1.165, 1.54) is 0 Å². The molecule has 0 bridgehead atoms. The number of hydrogen-bond acceptors (Lipinski definition) is 2. The summed E-state index contributed by atoms with van der Waals surface area (Å²) in [7, 11) is 0. The van der Waals surface area contributed by atoms with E-state index in [4.69, 9.17) is 5.11 Å². The standard InChI is InChI=1S/C13H14N2O2Se/c1-9-7-10(2)15(14-9)11-5-3-4-6-12(11)18-8-13(16)17/h3-7H,8H2,1-2H3,(H,16,17). The van der Waals surface area contributed by atoms with Crippen molar-refractivity contribution in [2.24, 2.45) is 0 Å². The Labute approximate surface area is 112 Å². The summed E-state index contributed by atoms with van der Waals surface area (Å²) in [5, 5.41) is 13.4. The molecule has 2 rings (SSSR count). The molecule has 0 aliphatic heterocycles. The van der Waals surface area contributed by atoms with Crippen molar-refractivity contribution in [3.8, 4) is 5.69 Å². The molecule has 94 valence electrons. The first-order valence-electron chi connectivity index (χ1n) is 5.55. The molecular weight excluding hydrogens is 295 g/mol. The van der Waals surface area contributed by atoms with Crippen LogP contribution in [-0.4, -0.2) is 35.8 Å². The predicted molar refractivity (Wildman–Crippen MR) is 70.9 cm³/mol. The summed E-state index contributed by atoms with van der Waals surface area (Å²) in [5.74, 6) is -0.752. The van der Waals surface area contributed by atoms with Crippen molar-refractivity contribution in [1.29, 1.82) is 0 Å². The summed E-state index contributed by atoms with van der Waals surface area (Å²) < 4.78 is 2.95. The molecular formula is C13H14N2O2Se. The molecule has 18 heavy (non-hydrogen) atoms. The van der Waals surface area contributed by atoms with Crippen molar-refractivity contribution in [1.82, 2.24) is 9.78 Å². The van der Waals surface area contributed by atoms with E-state index in [1.54, 1.807) is 0 Å². The molecule has 5 heteroatoms. The minimum atomic E-state index is -0.752. The second kappa shape index (κ2) is 5.38. The van der Waals surface area contributed by atoms with Crippen molar-refractivity contribution < 1.29 is 9.90 Å². The molecule has 0 amide bonds. The Balaban J connectivity index is 2.38. The van der Waals surface area contributed by atoms with Crippen LogP contribution in [0.25, 0.3) is 5.69 Å².